The van der Waals surface area contributed by atoms with Gasteiger partial charge in [0.25, 0.3) is 11.8 Å². The first-order chi connectivity index (χ1) is 19.0. The SMILES string of the molecule is Cc1cc(C(=O)NC(Cc2ccccc2)C(O)C(=O)N2CSC(C)(C)C2C(=O)NCc2ccccc2C)c(C)o1. The van der Waals surface area contributed by atoms with Gasteiger partial charge in [0, 0.05) is 11.3 Å². The molecule has 1 aliphatic rings. The van der Waals surface area contributed by atoms with Crippen LogP contribution in [0, 0.1) is 20.8 Å². The van der Waals surface area contributed by atoms with E-state index >= 15 is 0 Å². The minimum atomic E-state index is -1.57. The Morgan fingerprint density at radius 1 is 1.07 bits per heavy atom. The van der Waals surface area contributed by atoms with Gasteiger partial charge in [0.15, 0.2) is 6.10 Å². The molecule has 2 heterocycles. The Balaban J connectivity index is 1.55. The first-order valence-corrected chi connectivity index (χ1v) is 14.3. The summed E-state index contributed by atoms with van der Waals surface area (Å²) in [7, 11) is 0. The Morgan fingerprint density at radius 3 is 2.40 bits per heavy atom. The number of aryl methyl sites for hydroxylation is 3. The average Bonchev–Trinajstić information content (AvgIpc) is 3.44. The number of nitrogens with one attached hydrogen (secondary N) is 2. The number of hydrogen-bond acceptors (Lipinski definition) is 6. The number of furan rings is 1. The van der Waals surface area contributed by atoms with Crippen molar-refractivity contribution in [1.82, 2.24) is 15.5 Å². The zero-order chi connectivity index (χ0) is 29.0. The molecule has 1 fully saturated rings. The normalized spacial score (nSPS) is 17.8. The fourth-order valence-electron chi connectivity index (χ4n) is 5.05. The number of carbonyl (C=O) groups excluding carboxylic acids is 3. The zero-order valence-electron chi connectivity index (χ0n) is 23.6. The standard InChI is InChI=1S/C31H37N3O5S/c1-19-11-9-10-14-23(19)17-32-29(37)27-31(4,5)40-18-34(27)30(38)26(35)25(16-22-12-7-6-8-13-22)33-28(36)24-15-20(2)39-21(24)3/h6-15,25-27,35H,16-18H2,1-5H3,(H,32,37)(H,33,36). The van der Waals surface area contributed by atoms with Crippen molar-refractivity contribution in [2.75, 3.05) is 5.88 Å². The predicted octanol–water partition coefficient (Wildman–Crippen LogP) is 3.90. The first kappa shape index (κ1) is 29.4. The molecule has 0 bridgehead atoms. The number of rotatable bonds is 9. The van der Waals surface area contributed by atoms with Crippen LogP contribution in [-0.4, -0.2) is 56.5 Å². The fraction of sp³-hybridized carbons (Fsp3) is 0.387. The lowest BCUT2D eigenvalue weighted by atomic mass is 9.96. The Labute approximate surface area is 239 Å². The second-order valence-electron chi connectivity index (χ2n) is 10.8. The van der Waals surface area contributed by atoms with Crippen LogP contribution in [0.3, 0.4) is 0 Å². The molecule has 3 aromatic rings. The number of aliphatic hydroxyl groups is 1. The van der Waals surface area contributed by atoms with Crippen molar-refractivity contribution < 1.29 is 23.9 Å². The van der Waals surface area contributed by atoms with E-state index in [1.807, 2.05) is 75.4 Å². The van der Waals surface area contributed by atoms with E-state index in [-0.39, 0.29) is 18.2 Å². The van der Waals surface area contributed by atoms with Gasteiger partial charge in [-0.25, -0.2) is 0 Å². The summed E-state index contributed by atoms with van der Waals surface area (Å²) in [6.07, 6.45) is -1.34. The van der Waals surface area contributed by atoms with Crippen molar-refractivity contribution in [2.24, 2.45) is 0 Å². The fourth-order valence-corrected chi connectivity index (χ4v) is 6.19. The monoisotopic (exact) mass is 563 g/mol. The van der Waals surface area contributed by atoms with Crippen molar-refractivity contribution >= 4 is 29.5 Å². The number of nitrogens with zero attached hydrogens (tertiary/aromatic N) is 1. The maximum atomic E-state index is 13.8. The number of aliphatic hydroxyl groups excluding tert-OH is 1. The van der Waals surface area contributed by atoms with Crippen molar-refractivity contribution in [3.63, 3.8) is 0 Å². The number of carbonyl (C=O) groups is 3. The summed E-state index contributed by atoms with van der Waals surface area (Å²) in [6.45, 7) is 9.60. The van der Waals surface area contributed by atoms with Crippen LogP contribution in [0.15, 0.2) is 65.1 Å². The second kappa shape index (κ2) is 12.3. The highest BCUT2D eigenvalue weighted by Gasteiger charge is 2.49. The van der Waals surface area contributed by atoms with Crippen molar-refractivity contribution in [1.29, 1.82) is 0 Å². The van der Waals surface area contributed by atoms with Crippen LogP contribution in [-0.2, 0) is 22.6 Å². The minimum absolute atomic E-state index is 0.226. The molecule has 3 amide bonds. The van der Waals surface area contributed by atoms with Gasteiger partial charge in [-0.05, 0) is 63.8 Å². The van der Waals surface area contributed by atoms with Crippen LogP contribution < -0.4 is 10.6 Å². The molecule has 212 valence electrons. The van der Waals surface area contributed by atoms with Gasteiger partial charge >= 0.3 is 0 Å². The molecule has 40 heavy (non-hydrogen) atoms. The molecule has 1 aliphatic heterocycles. The summed E-state index contributed by atoms with van der Waals surface area (Å²) in [5.74, 6) is -0.0301. The summed E-state index contributed by atoms with van der Waals surface area (Å²) < 4.78 is 4.93. The number of amides is 3. The third-order valence-electron chi connectivity index (χ3n) is 7.33. The van der Waals surface area contributed by atoms with Gasteiger partial charge in [-0.3, -0.25) is 14.4 Å². The maximum Gasteiger partial charge on any atom is 0.255 e. The molecule has 3 unspecified atom stereocenters. The van der Waals surface area contributed by atoms with E-state index in [0.717, 1.165) is 16.7 Å². The summed E-state index contributed by atoms with van der Waals surface area (Å²) in [6, 6.07) is 17.1. The van der Waals surface area contributed by atoms with Crippen molar-refractivity contribution in [3.05, 3.63) is 94.4 Å². The van der Waals surface area contributed by atoms with Crippen LogP contribution in [0.1, 0.15) is 52.4 Å². The molecule has 0 radical (unpaired) electrons. The van der Waals surface area contributed by atoms with E-state index in [1.165, 1.54) is 16.7 Å². The van der Waals surface area contributed by atoms with Gasteiger partial charge in [-0.1, -0.05) is 54.6 Å². The summed E-state index contributed by atoms with van der Waals surface area (Å²) in [4.78, 5) is 41.9. The number of hydrogen-bond donors (Lipinski definition) is 3. The maximum absolute atomic E-state index is 13.8. The summed E-state index contributed by atoms with van der Waals surface area (Å²) in [5, 5.41) is 17.3. The van der Waals surface area contributed by atoms with Crippen molar-refractivity contribution in [3.8, 4) is 0 Å². The van der Waals surface area contributed by atoms with E-state index in [1.54, 1.807) is 19.9 Å². The molecular formula is C31H37N3O5S. The third kappa shape index (κ3) is 6.59. The zero-order valence-corrected chi connectivity index (χ0v) is 24.4. The van der Waals surface area contributed by atoms with E-state index in [9.17, 15) is 19.5 Å². The lowest BCUT2D eigenvalue weighted by Crippen LogP contribution is -2.58. The predicted molar refractivity (Wildman–Crippen MR) is 156 cm³/mol. The van der Waals surface area contributed by atoms with E-state index in [0.29, 0.717) is 23.6 Å². The van der Waals surface area contributed by atoms with Crippen LogP contribution in [0.5, 0.6) is 0 Å². The average molecular weight is 564 g/mol. The second-order valence-corrected chi connectivity index (χ2v) is 12.4. The van der Waals surface area contributed by atoms with E-state index in [4.69, 9.17) is 4.42 Å². The van der Waals surface area contributed by atoms with Gasteiger partial charge in [0.2, 0.25) is 5.91 Å². The summed E-state index contributed by atoms with van der Waals surface area (Å²) in [5.41, 5.74) is 3.26. The molecule has 3 N–H and O–H groups in total. The van der Waals surface area contributed by atoms with Gasteiger partial charge in [-0.2, -0.15) is 0 Å². The largest absolute Gasteiger partial charge is 0.466 e. The molecule has 1 aromatic heterocycles. The number of thioether (sulfide) groups is 1. The molecule has 8 nitrogen and oxygen atoms in total. The number of benzene rings is 2. The van der Waals surface area contributed by atoms with Crippen molar-refractivity contribution in [2.45, 2.75) is 70.5 Å². The van der Waals surface area contributed by atoms with Crippen LogP contribution in [0.4, 0.5) is 0 Å². The van der Waals surface area contributed by atoms with Crippen LogP contribution >= 0.6 is 11.8 Å². The molecule has 0 aliphatic carbocycles. The molecule has 2 aromatic carbocycles. The topological polar surface area (TPSA) is 112 Å². The Kier molecular flexibility index (Phi) is 9.05. The van der Waals surface area contributed by atoms with E-state index in [2.05, 4.69) is 10.6 Å². The molecular weight excluding hydrogens is 526 g/mol. The van der Waals surface area contributed by atoms with E-state index < -0.39 is 34.7 Å². The van der Waals surface area contributed by atoms with Crippen LogP contribution in [0.25, 0.3) is 0 Å². The van der Waals surface area contributed by atoms with Gasteiger partial charge in [-0.15, -0.1) is 11.8 Å². The lowest BCUT2D eigenvalue weighted by Gasteiger charge is -2.33. The van der Waals surface area contributed by atoms with Gasteiger partial charge in [0.1, 0.15) is 17.6 Å². The quantitative estimate of drug-likeness (QED) is 0.364. The Bertz CT molecular complexity index is 1370. The molecule has 4 rings (SSSR count). The first-order valence-electron chi connectivity index (χ1n) is 13.3. The Hall–Kier alpha value is -3.56. The molecule has 0 saturated carbocycles. The highest BCUT2D eigenvalue weighted by molar-refractivity contribution is 8.00. The van der Waals surface area contributed by atoms with Gasteiger partial charge in [0.05, 0.1) is 17.5 Å². The van der Waals surface area contributed by atoms with Crippen LogP contribution in [0.2, 0.25) is 0 Å². The molecule has 0 spiro atoms. The third-order valence-corrected chi connectivity index (χ3v) is 8.70. The Morgan fingerprint density at radius 2 is 1.75 bits per heavy atom. The summed E-state index contributed by atoms with van der Waals surface area (Å²) >= 11 is 1.48. The molecule has 1 saturated heterocycles. The molecule has 9 heteroatoms. The highest BCUT2D eigenvalue weighted by atomic mass is 32.2. The van der Waals surface area contributed by atoms with Gasteiger partial charge < -0.3 is 25.1 Å². The highest BCUT2D eigenvalue weighted by Crippen LogP contribution is 2.40. The molecule has 3 atom stereocenters. The smallest absolute Gasteiger partial charge is 0.255 e. The minimum Gasteiger partial charge on any atom is -0.466 e. The lowest BCUT2D eigenvalue weighted by molar-refractivity contribution is -0.147.